The van der Waals surface area contributed by atoms with Crippen molar-refractivity contribution in [2.45, 2.75) is 52.4 Å². The fourth-order valence-corrected chi connectivity index (χ4v) is 3.52. The first-order chi connectivity index (χ1) is 14.7. The van der Waals surface area contributed by atoms with Crippen LogP contribution in [-0.2, 0) is 9.53 Å². The molecule has 0 saturated heterocycles. The number of nitrogens with zero attached hydrogens (tertiary/aromatic N) is 1. The van der Waals surface area contributed by atoms with Crippen LogP contribution in [0.2, 0.25) is 0 Å². The summed E-state index contributed by atoms with van der Waals surface area (Å²) in [7, 11) is 1.27. The maximum atomic E-state index is 13.1. The van der Waals surface area contributed by atoms with Gasteiger partial charge >= 0.3 is 5.97 Å². The van der Waals surface area contributed by atoms with E-state index in [2.05, 4.69) is 0 Å². The van der Waals surface area contributed by atoms with Gasteiger partial charge in [0, 0.05) is 0 Å². The molecule has 0 radical (unpaired) electrons. The predicted molar refractivity (Wildman–Crippen MR) is 114 cm³/mol. The first-order valence-corrected chi connectivity index (χ1v) is 10.2. The van der Waals surface area contributed by atoms with Crippen LogP contribution in [0, 0.1) is 0 Å². The van der Waals surface area contributed by atoms with Crippen molar-refractivity contribution in [1.82, 2.24) is 4.90 Å². The normalized spacial score (nSPS) is 14.1. The molecule has 7 nitrogen and oxygen atoms in total. The molecule has 3 rings (SSSR count). The number of rotatable bonds is 8. The molecule has 0 aromatic heterocycles. The molecule has 1 aliphatic rings. The van der Waals surface area contributed by atoms with Crippen LogP contribution >= 0.6 is 0 Å². The SMILES string of the molecule is COC(=O)CC(c1ccc(OC(C)C)c(OC(C)C)c1)N1C(=O)c2ccccc2C1=O. The highest BCUT2D eigenvalue weighted by molar-refractivity contribution is 6.21. The molecule has 1 unspecified atom stereocenters. The maximum absolute atomic E-state index is 13.1. The third kappa shape index (κ3) is 4.71. The Morgan fingerprint density at radius 3 is 1.94 bits per heavy atom. The summed E-state index contributed by atoms with van der Waals surface area (Å²) in [5, 5.41) is 0. The Hall–Kier alpha value is -3.35. The number of carbonyl (C=O) groups is 3. The first-order valence-electron chi connectivity index (χ1n) is 10.2. The molecule has 164 valence electrons. The second-order valence-corrected chi connectivity index (χ2v) is 7.86. The van der Waals surface area contributed by atoms with E-state index in [9.17, 15) is 14.4 Å². The molecule has 2 aromatic carbocycles. The minimum absolute atomic E-state index is 0.0672. The number of amides is 2. The number of esters is 1. The first kappa shape index (κ1) is 22.3. The van der Waals surface area contributed by atoms with E-state index < -0.39 is 23.8 Å². The lowest BCUT2D eigenvalue weighted by Gasteiger charge is -2.27. The number of carbonyl (C=O) groups excluding carboxylic acids is 3. The monoisotopic (exact) mass is 425 g/mol. The quantitative estimate of drug-likeness (QED) is 0.467. The third-order valence-corrected chi connectivity index (χ3v) is 4.80. The second-order valence-electron chi connectivity index (χ2n) is 7.86. The van der Waals surface area contributed by atoms with Crippen LogP contribution in [0.15, 0.2) is 42.5 Å². The van der Waals surface area contributed by atoms with Gasteiger partial charge in [0.05, 0.1) is 42.9 Å². The highest BCUT2D eigenvalue weighted by Crippen LogP contribution is 2.38. The van der Waals surface area contributed by atoms with E-state index in [0.29, 0.717) is 28.2 Å². The number of benzene rings is 2. The van der Waals surface area contributed by atoms with Crippen LogP contribution in [0.25, 0.3) is 0 Å². The van der Waals surface area contributed by atoms with Crippen LogP contribution in [-0.4, -0.2) is 42.0 Å². The van der Waals surface area contributed by atoms with Crippen LogP contribution in [0.3, 0.4) is 0 Å². The van der Waals surface area contributed by atoms with E-state index in [0.717, 1.165) is 4.90 Å². The van der Waals surface area contributed by atoms with E-state index in [4.69, 9.17) is 14.2 Å². The number of hydrogen-bond donors (Lipinski definition) is 0. The topological polar surface area (TPSA) is 82.1 Å². The van der Waals surface area contributed by atoms with Crippen molar-refractivity contribution in [2.24, 2.45) is 0 Å². The summed E-state index contributed by atoms with van der Waals surface area (Å²) in [6, 6.07) is 11.0. The average molecular weight is 425 g/mol. The van der Waals surface area contributed by atoms with E-state index in [1.54, 1.807) is 42.5 Å². The number of imide groups is 1. The number of methoxy groups -OCH3 is 1. The summed E-state index contributed by atoms with van der Waals surface area (Å²) < 4.78 is 16.6. The van der Waals surface area contributed by atoms with Crippen molar-refractivity contribution in [3.63, 3.8) is 0 Å². The molecule has 7 heteroatoms. The summed E-state index contributed by atoms with van der Waals surface area (Å²) >= 11 is 0. The number of hydrogen-bond acceptors (Lipinski definition) is 6. The van der Waals surface area contributed by atoms with Gasteiger partial charge in [-0.15, -0.1) is 0 Å². The summed E-state index contributed by atoms with van der Waals surface area (Å²) in [5.74, 6) is -0.388. The standard InChI is InChI=1S/C24H27NO6/c1-14(2)30-20-11-10-16(12-21(20)31-15(3)4)19(13-22(26)29-5)25-23(27)17-8-6-7-9-18(17)24(25)28/h6-12,14-15,19H,13H2,1-5H3. The average Bonchev–Trinajstić information content (AvgIpc) is 2.97. The lowest BCUT2D eigenvalue weighted by Crippen LogP contribution is -2.35. The summed E-state index contributed by atoms with van der Waals surface area (Å²) in [6.45, 7) is 7.60. The molecule has 0 N–H and O–H groups in total. The van der Waals surface area contributed by atoms with E-state index in [-0.39, 0.29) is 18.6 Å². The number of ether oxygens (including phenoxy) is 3. The molecule has 0 bridgehead atoms. The Morgan fingerprint density at radius 2 is 1.42 bits per heavy atom. The van der Waals surface area contributed by atoms with Crippen LogP contribution in [0.1, 0.15) is 66.4 Å². The molecule has 31 heavy (non-hydrogen) atoms. The fourth-order valence-electron chi connectivity index (χ4n) is 3.52. The van der Waals surface area contributed by atoms with Crippen molar-refractivity contribution >= 4 is 17.8 Å². The van der Waals surface area contributed by atoms with Gasteiger partial charge in [0.25, 0.3) is 11.8 Å². The van der Waals surface area contributed by atoms with Crippen LogP contribution < -0.4 is 9.47 Å². The summed E-state index contributed by atoms with van der Waals surface area (Å²) in [5.41, 5.74) is 1.22. The van der Waals surface area contributed by atoms with E-state index >= 15 is 0 Å². The largest absolute Gasteiger partial charge is 0.487 e. The molecule has 0 aliphatic carbocycles. The highest BCUT2D eigenvalue weighted by Gasteiger charge is 2.41. The molecular weight excluding hydrogens is 398 g/mol. The smallest absolute Gasteiger partial charge is 0.307 e. The zero-order chi connectivity index (χ0) is 22.7. The lowest BCUT2D eigenvalue weighted by molar-refractivity contribution is -0.141. The Balaban J connectivity index is 2.06. The van der Waals surface area contributed by atoms with Gasteiger partial charge < -0.3 is 14.2 Å². The van der Waals surface area contributed by atoms with Crippen molar-refractivity contribution in [3.05, 3.63) is 59.2 Å². The molecule has 0 saturated carbocycles. The van der Waals surface area contributed by atoms with Gasteiger partial charge in [0.1, 0.15) is 0 Å². The molecule has 2 aromatic rings. The fraction of sp³-hybridized carbons (Fsp3) is 0.375. The van der Waals surface area contributed by atoms with Gasteiger partial charge in [-0.1, -0.05) is 18.2 Å². The Morgan fingerprint density at radius 1 is 0.871 bits per heavy atom. The van der Waals surface area contributed by atoms with Gasteiger partial charge in [0.2, 0.25) is 0 Å². The summed E-state index contributed by atoms with van der Waals surface area (Å²) in [4.78, 5) is 39.4. The molecule has 2 amide bonds. The van der Waals surface area contributed by atoms with Gasteiger partial charge in [-0.05, 0) is 57.5 Å². The maximum Gasteiger partial charge on any atom is 0.307 e. The van der Waals surface area contributed by atoms with Crippen molar-refractivity contribution in [3.8, 4) is 11.5 Å². The Labute approximate surface area is 181 Å². The molecular formula is C24H27NO6. The predicted octanol–water partition coefficient (Wildman–Crippen LogP) is 4.16. The van der Waals surface area contributed by atoms with Crippen molar-refractivity contribution in [1.29, 1.82) is 0 Å². The summed E-state index contributed by atoms with van der Waals surface area (Å²) in [6.07, 6.45) is -0.362. The third-order valence-electron chi connectivity index (χ3n) is 4.80. The molecule has 0 spiro atoms. The van der Waals surface area contributed by atoms with Gasteiger partial charge in [0.15, 0.2) is 11.5 Å². The lowest BCUT2D eigenvalue weighted by atomic mass is 10.0. The van der Waals surface area contributed by atoms with Crippen molar-refractivity contribution < 1.29 is 28.6 Å². The molecule has 1 atom stereocenters. The van der Waals surface area contributed by atoms with E-state index in [1.807, 2.05) is 27.7 Å². The Kier molecular flexibility index (Phi) is 6.63. The zero-order valence-electron chi connectivity index (χ0n) is 18.4. The van der Waals surface area contributed by atoms with Gasteiger partial charge in [-0.25, -0.2) is 0 Å². The molecule has 1 heterocycles. The highest BCUT2D eigenvalue weighted by atomic mass is 16.5. The van der Waals surface area contributed by atoms with E-state index in [1.165, 1.54) is 7.11 Å². The van der Waals surface area contributed by atoms with Crippen LogP contribution in [0.5, 0.6) is 11.5 Å². The minimum Gasteiger partial charge on any atom is -0.487 e. The Bertz CT molecular complexity index is 962. The van der Waals surface area contributed by atoms with Gasteiger partial charge in [-0.3, -0.25) is 19.3 Å². The second kappa shape index (κ2) is 9.20. The number of fused-ring (bicyclic) bond motifs is 1. The molecule has 1 aliphatic heterocycles. The van der Waals surface area contributed by atoms with Crippen molar-refractivity contribution in [2.75, 3.05) is 7.11 Å². The minimum atomic E-state index is -0.845. The zero-order valence-corrected chi connectivity index (χ0v) is 18.4. The molecule has 0 fully saturated rings. The van der Waals surface area contributed by atoms with Crippen LogP contribution in [0.4, 0.5) is 0 Å². The van der Waals surface area contributed by atoms with Gasteiger partial charge in [-0.2, -0.15) is 0 Å².